The van der Waals surface area contributed by atoms with Gasteiger partial charge in [0.15, 0.2) is 17.1 Å². The summed E-state index contributed by atoms with van der Waals surface area (Å²) in [5.74, 6) is -2.16. The Labute approximate surface area is 748 Å². The normalized spacial score (nSPS) is 10.6. The van der Waals surface area contributed by atoms with Gasteiger partial charge >= 0.3 is 168 Å². The Bertz CT molecular complexity index is 3780. The number of carbonyl (C=O) groups is 7. The molecular weight excluding hydrogens is 1690 g/mol. The molecule has 0 fully saturated rings. The number of rotatable bonds is 19. The topological polar surface area (TPSA) is 347 Å². The molecule has 36 heteroatoms. The van der Waals surface area contributed by atoms with Crippen molar-refractivity contribution >= 4 is 89.4 Å². The molecule has 3 N–H and O–H groups in total. The number of ether oxygens (including phenoxy) is 7. The third-order valence-corrected chi connectivity index (χ3v) is 12.2. The third-order valence-electron chi connectivity index (χ3n) is 11.8. The number of alkyl halides is 1. The molecule has 0 aliphatic heterocycles. The van der Waals surface area contributed by atoms with Gasteiger partial charge in [-0.1, -0.05) is 41.3 Å². The van der Waals surface area contributed by atoms with Crippen LogP contribution in [0, 0.1) is 17.5 Å². The number of amides is 3. The summed E-state index contributed by atoms with van der Waals surface area (Å²) in [6.45, 7) is 23.9. The van der Waals surface area contributed by atoms with Gasteiger partial charge in [0.05, 0.1) is 43.8 Å². The average Bonchev–Trinajstić information content (AvgIpc) is 1.64. The number of Topliss-reactive ketones (excluding diaryl/α,β-unsaturated/α-hetero) is 1. The Kier molecular flexibility index (Phi) is 57.2. The minimum absolute atomic E-state index is 0. The minimum atomic E-state index is -1.16. The first-order chi connectivity index (χ1) is 45.6. The number of aromatic nitrogens is 6. The van der Waals surface area contributed by atoms with Crippen molar-refractivity contribution < 1.29 is 245 Å². The summed E-state index contributed by atoms with van der Waals surface area (Å²) < 4.78 is 80.0. The molecule has 0 bridgehead atoms. The predicted molar refractivity (Wildman–Crippen MR) is 385 cm³/mol. The zero-order valence-corrected chi connectivity index (χ0v) is 74.4. The van der Waals surface area contributed by atoms with E-state index in [1.54, 1.807) is 88.8 Å². The van der Waals surface area contributed by atoms with Gasteiger partial charge in [-0.25, -0.2) is 51.2 Å². The summed E-state index contributed by atoms with van der Waals surface area (Å²) in [5, 5.41) is 44.0. The molecule has 4 heterocycles. The zero-order chi connectivity index (χ0) is 74.4. The van der Waals surface area contributed by atoms with Gasteiger partial charge in [0.25, 0.3) is 6.47 Å². The number of hydrogen-bond donors (Lipinski definition) is 3. The molecule has 7 aromatic rings. The summed E-state index contributed by atoms with van der Waals surface area (Å²) in [7, 11) is 4.85. The number of phenolic OH excluding ortho intramolecular Hbond substituents is 1. The van der Waals surface area contributed by atoms with Crippen LogP contribution in [-0.2, 0) is 28.6 Å². The van der Waals surface area contributed by atoms with E-state index < -0.39 is 70.6 Å². The number of aromatic carboxylic acids is 1. The van der Waals surface area contributed by atoms with Crippen LogP contribution in [0.5, 0.6) is 23.1 Å². The molecule has 0 saturated heterocycles. The van der Waals surface area contributed by atoms with Gasteiger partial charge < -0.3 is 74.7 Å². The van der Waals surface area contributed by atoms with E-state index in [9.17, 15) is 47.0 Å². The average molecular weight is 1790 g/mol. The number of aromatic hydroxyl groups is 1. The van der Waals surface area contributed by atoms with Crippen LogP contribution in [0.3, 0.4) is 0 Å². The monoisotopic (exact) mass is 1790 g/mol. The van der Waals surface area contributed by atoms with Gasteiger partial charge in [0, 0.05) is 63.2 Å². The number of carboxylic acids is 1. The molecule has 0 aliphatic carbocycles. The first-order valence-corrected chi connectivity index (χ1v) is 30.6. The van der Waals surface area contributed by atoms with Crippen LogP contribution in [0.4, 0.5) is 27.6 Å². The maximum Gasteiger partial charge on any atom is 1.00 e. The van der Waals surface area contributed by atoms with Crippen molar-refractivity contribution in [3.05, 3.63) is 142 Å². The van der Waals surface area contributed by atoms with Gasteiger partial charge in [-0.2, -0.15) is 15.2 Å². The largest absolute Gasteiger partial charge is 1.00 e. The molecule has 0 spiro atoms. The van der Waals surface area contributed by atoms with Gasteiger partial charge in [0.2, 0.25) is 5.88 Å². The molecule has 7 rings (SSSR count). The van der Waals surface area contributed by atoms with E-state index in [1.165, 1.54) is 98.6 Å². The van der Waals surface area contributed by atoms with E-state index in [1.807, 2.05) is 20.8 Å². The zero-order valence-electron chi connectivity index (χ0n) is 60.5. The fourth-order valence-electron chi connectivity index (χ4n) is 7.25. The van der Waals surface area contributed by atoms with E-state index in [-0.39, 0.29) is 260 Å². The standard InChI is InChI=1S/C23H27FN4O6.C16H22FNO4.C9H8ClN3O2.C8H16ClNO2.C8H9FO2.CH2O3.4CH4.ClH.2Cs.H/c1-14(33-19-8-9-28-20(26-19)17(13-25-28)21(29)30)16-12-15(24)6-7-18(16)32-11-10-27(5)22(31)34-23(2,3)4;1-11(19)13-10-12(17)6-7-14(13)21-9-8-18(5)15(20)22-16(2,3)4;1-2-15-9(14)6-5-11-13-4-3-7(10)12-8(6)13;1-8(2,3)12-7(11)10(4)6-5-9;1-5(10)7-4-6(9)2-3-8(7)11;2-1-4-3;;;;;;;;/h6-9,12-14H,10-11H2,1-5H3,(H,29,30);6-7,10H,8-9H2,1-5H3;3-5H,2H2,1H3;5-6H2,1-4H3;2-5,10-11H,1H3;1,3H;4*1H4;1H;;;/q;;;;;;;;;;;2*+1;-1/p-1/t;;;;5-;;;;;;;;;/m....1........./s1. The Morgan fingerprint density at radius 3 is 1.48 bits per heavy atom. The second-order valence-corrected chi connectivity index (χ2v) is 24.3. The molecule has 3 aromatic carbocycles. The molecular formula is C69H101Cl3Cs2F3N9O19. The SMILES string of the molecule is C.C.C.C.CC(=O)c1cc(F)ccc1OCCN(C)C(=O)OC(C)(C)C.CC(Oc1ccn2ncc(C(=O)O)c2n1)c1cc(F)ccc1OCCN(C)C(=O)OC(C)(C)C.CCOC(=O)c1cnn2ccc(Cl)nc12.CN(CCCl)C(=O)OC(C)(C)C.C[C@@H](O)c1cc(F)ccc1O.Cl.O=CO[O-].[Cs+].[Cs+].[H-]. The van der Waals surface area contributed by atoms with Gasteiger partial charge in [-0.3, -0.25) is 9.59 Å². The molecule has 1 unspecified atom stereocenters. The van der Waals surface area contributed by atoms with E-state index in [2.05, 4.69) is 25.1 Å². The fourth-order valence-corrected chi connectivity index (χ4v) is 7.64. The second kappa shape index (κ2) is 54.3. The number of halogens is 6. The van der Waals surface area contributed by atoms with Crippen molar-refractivity contribution in [2.24, 2.45) is 0 Å². The predicted octanol–water partition coefficient (Wildman–Crippen LogP) is 7.98. The summed E-state index contributed by atoms with van der Waals surface area (Å²) in [4.78, 5) is 93.0. The van der Waals surface area contributed by atoms with Crippen LogP contribution >= 0.6 is 35.6 Å². The van der Waals surface area contributed by atoms with Crippen LogP contribution in [0.25, 0.3) is 11.3 Å². The number of carbonyl (C=O) groups excluding carboxylic acids is 6. The summed E-state index contributed by atoms with van der Waals surface area (Å²) in [5.41, 5.74) is -0.0101. The third kappa shape index (κ3) is 42.3. The maximum atomic E-state index is 14.0. The summed E-state index contributed by atoms with van der Waals surface area (Å²) in [6, 6.07) is 14.4. The smallest absolute Gasteiger partial charge is 1.00 e. The van der Waals surface area contributed by atoms with Crippen molar-refractivity contribution in [1.82, 2.24) is 43.9 Å². The van der Waals surface area contributed by atoms with Crippen molar-refractivity contribution in [3.63, 3.8) is 0 Å². The molecule has 0 radical (unpaired) electrons. The number of likely N-dealkylation sites (N-methyl/N-ethyl adjacent to an activating group) is 2. The van der Waals surface area contributed by atoms with Crippen LogP contribution in [0.2, 0.25) is 5.15 Å². The Hall–Kier alpha value is -5.33. The number of carboxylic acid groups (broad SMARTS) is 1. The maximum absolute atomic E-state index is 14.0. The number of phenols is 1. The first-order valence-electron chi connectivity index (χ1n) is 29.7. The number of aliphatic hydroxyl groups excluding tert-OH is 1. The number of fused-ring (bicyclic) bond motifs is 2. The number of aliphatic hydroxyl groups is 1. The van der Waals surface area contributed by atoms with E-state index in [4.69, 9.17) is 76.6 Å². The first kappa shape index (κ1) is 111. The van der Waals surface area contributed by atoms with Crippen LogP contribution < -0.4 is 157 Å². The van der Waals surface area contributed by atoms with Crippen LogP contribution in [0.1, 0.15) is 176 Å². The van der Waals surface area contributed by atoms with Crippen molar-refractivity contribution in [1.29, 1.82) is 0 Å². The van der Waals surface area contributed by atoms with E-state index in [0.717, 1.165) is 18.2 Å². The summed E-state index contributed by atoms with van der Waals surface area (Å²) in [6.07, 6.45) is 2.98. The van der Waals surface area contributed by atoms with E-state index >= 15 is 0 Å². The number of hydrogen-bond acceptors (Lipinski definition) is 22. The molecule has 0 saturated carbocycles. The number of ketones is 1. The minimum Gasteiger partial charge on any atom is -1.00 e. The summed E-state index contributed by atoms with van der Waals surface area (Å²) >= 11 is 11.2. The number of nitrogens with zero attached hydrogens (tertiary/aromatic N) is 9. The molecule has 3 amide bonds. The Morgan fingerprint density at radius 2 is 1.06 bits per heavy atom. The van der Waals surface area contributed by atoms with Gasteiger partial charge in [-0.15, -0.1) is 24.0 Å². The Morgan fingerprint density at radius 1 is 0.648 bits per heavy atom. The molecule has 2 atom stereocenters. The quantitative estimate of drug-likeness (QED) is 0.0101. The number of benzene rings is 3. The molecule has 105 heavy (non-hydrogen) atoms. The van der Waals surface area contributed by atoms with Crippen molar-refractivity contribution in [2.75, 3.05) is 66.5 Å². The van der Waals surface area contributed by atoms with Crippen molar-refractivity contribution in [3.8, 4) is 23.1 Å². The number of esters is 1. The van der Waals surface area contributed by atoms with E-state index in [0.29, 0.717) is 52.5 Å². The fraction of sp³-hybridized carbons (Fsp3) is 0.464. The molecule has 0 aliphatic rings. The molecule has 28 nitrogen and oxygen atoms in total. The van der Waals surface area contributed by atoms with Crippen molar-refractivity contribution in [2.45, 2.75) is 149 Å². The van der Waals surface area contributed by atoms with Crippen LogP contribution in [-0.4, -0.2) is 185 Å². The Balaban J connectivity index is -0.000000238. The van der Waals surface area contributed by atoms with Gasteiger partial charge in [0.1, 0.15) is 87.1 Å². The second-order valence-electron chi connectivity index (χ2n) is 23.5. The molecule has 580 valence electrons. The van der Waals surface area contributed by atoms with Crippen LogP contribution in [0.15, 0.2) is 91.5 Å². The molecule has 4 aromatic heterocycles. The van der Waals surface area contributed by atoms with Gasteiger partial charge in [-0.05, 0) is 151 Å².